The number of nitrogens with one attached hydrogen (secondary N) is 1. The summed E-state index contributed by atoms with van der Waals surface area (Å²) in [5, 5.41) is 6.66. The van der Waals surface area contributed by atoms with Crippen LogP contribution in [0.15, 0.2) is 35.9 Å². The van der Waals surface area contributed by atoms with Crippen LogP contribution in [-0.2, 0) is 10.2 Å². The van der Waals surface area contributed by atoms with Gasteiger partial charge < -0.3 is 4.52 Å². The summed E-state index contributed by atoms with van der Waals surface area (Å²) in [4.78, 5) is 13.8. The van der Waals surface area contributed by atoms with Crippen LogP contribution >= 0.6 is 0 Å². The van der Waals surface area contributed by atoms with Gasteiger partial charge >= 0.3 is 0 Å². The maximum Gasteiger partial charge on any atom is 0.240 e. The fourth-order valence-electron chi connectivity index (χ4n) is 1.64. The molecule has 0 fully saturated rings. The summed E-state index contributed by atoms with van der Waals surface area (Å²) in [6.45, 7) is 14.9. The van der Waals surface area contributed by atoms with Gasteiger partial charge in [-0.25, -0.2) is 0 Å². The number of carbonyl (C=O) groups excluding carboxylic acids is 1. The third-order valence-electron chi connectivity index (χ3n) is 2.68. The van der Waals surface area contributed by atoms with E-state index in [9.17, 15) is 4.79 Å². The first-order chi connectivity index (χ1) is 9.36. The van der Waals surface area contributed by atoms with Crippen molar-refractivity contribution in [2.45, 2.75) is 26.2 Å². The molecule has 0 aliphatic carbocycles. The predicted octanol–water partition coefficient (Wildman–Crippen LogP) is 2.58. The summed E-state index contributed by atoms with van der Waals surface area (Å²) in [7, 11) is 0. The van der Waals surface area contributed by atoms with Crippen LogP contribution in [0.4, 0.5) is 5.88 Å². The minimum Gasteiger partial charge on any atom is -0.338 e. The van der Waals surface area contributed by atoms with Crippen molar-refractivity contribution in [1.82, 2.24) is 10.1 Å². The highest BCUT2D eigenvalue weighted by molar-refractivity contribution is 5.91. The first-order valence-electron chi connectivity index (χ1n) is 6.58. The Balaban J connectivity index is 2.59. The minimum absolute atomic E-state index is 0.107. The maximum absolute atomic E-state index is 11.9. The van der Waals surface area contributed by atoms with Crippen molar-refractivity contribution in [1.29, 1.82) is 0 Å². The minimum atomic E-state index is -0.148. The van der Waals surface area contributed by atoms with Crippen LogP contribution in [0.5, 0.6) is 0 Å². The lowest BCUT2D eigenvalue weighted by atomic mass is 9.92. The first-order valence-corrected chi connectivity index (χ1v) is 6.58. The Bertz CT molecular complexity index is 462. The van der Waals surface area contributed by atoms with Gasteiger partial charge in [0.25, 0.3) is 0 Å². The SMILES string of the molecule is C=CCN(CC=C)CC(=O)Nc1cc(C(C)(C)C)no1. The van der Waals surface area contributed by atoms with Crippen molar-refractivity contribution in [3.8, 4) is 0 Å². The molecule has 0 aliphatic heterocycles. The molecule has 1 N–H and O–H groups in total. The van der Waals surface area contributed by atoms with Gasteiger partial charge in [-0.3, -0.25) is 15.0 Å². The van der Waals surface area contributed by atoms with Gasteiger partial charge in [-0.2, -0.15) is 0 Å². The van der Waals surface area contributed by atoms with Gasteiger partial charge in [0.2, 0.25) is 11.8 Å². The third-order valence-corrected chi connectivity index (χ3v) is 2.68. The highest BCUT2D eigenvalue weighted by Gasteiger charge is 2.20. The second kappa shape index (κ2) is 7.05. The number of carbonyl (C=O) groups is 1. The standard InChI is InChI=1S/C15H23N3O2/c1-6-8-18(9-7-2)11-13(19)16-14-10-12(17-20-14)15(3,4)5/h6-7,10H,1-2,8-9,11H2,3-5H3,(H,16,19). The summed E-state index contributed by atoms with van der Waals surface area (Å²) < 4.78 is 5.12. The fourth-order valence-corrected chi connectivity index (χ4v) is 1.64. The van der Waals surface area contributed by atoms with E-state index in [-0.39, 0.29) is 17.9 Å². The molecule has 1 amide bonds. The highest BCUT2D eigenvalue weighted by atomic mass is 16.5. The van der Waals surface area contributed by atoms with Crippen molar-refractivity contribution in [2.24, 2.45) is 0 Å². The van der Waals surface area contributed by atoms with Gasteiger partial charge in [0.05, 0.1) is 12.2 Å². The highest BCUT2D eigenvalue weighted by Crippen LogP contribution is 2.23. The van der Waals surface area contributed by atoms with Gasteiger partial charge in [-0.1, -0.05) is 38.1 Å². The summed E-state index contributed by atoms with van der Waals surface area (Å²) >= 11 is 0. The zero-order valence-corrected chi connectivity index (χ0v) is 12.5. The van der Waals surface area contributed by atoms with Crippen LogP contribution in [0.3, 0.4) is 0 Å². The molecule has 0 atom stereocenters. The first kappa shape index (κ1) is 16.2. The number of rotatable bonds is 7. The van der Waals surface area contributed by atoms with Crippen LogP contribution in [0.25, 0.3) is 0 Å². The molecule has 0 spiro atoms. The molecule has 0 bridgehead atoms. The van der Waals surface area contributed by atoms with E-state index < -0.39 is 0 Å². The van der Waals surface area contributed by atoms with Gasteiger partial charge in [0, 0.05) is 24.6 Å². The Hall–Kier alpha value is -1.88. The molecule has 20 heavy (non-hydrogen) atoms. The van der Waals surface area contributed by atoms with Crippen molar-refractivity contribution in [3.63, 3.8) is 0 Å². The zero-order chi connectivity index (χ0) is 15.2. The van der Waals surface area contributed by atoms with Crippen LogP contribution in [0.1, 0.15) is 26.5 Å². The second-order valence-corrected chi connectivity index (χ2v) is 5.65. The topological polar surface area (TPSA) is 58.4 Å². The molecular weight excluding hydrogens is 254 g/mol. The maximum atomic E-state index is 11.9. The van der Waals surface area contributed by atoms with E-state index in [1.165, 1.54) is 0 Å². The number of hydrogen-bond donors (Lipinski definition) is 1. The molecule has 0 radical (unpaired) electrons. The number of aromatic nitrogens is 1. The van der Waals surface area contributed by atoms with Crippen LogP contribution in [-0.4, -0.2) is 35.6 Å². The van der Waals surface area contributed by atoms with E-state index in [1.54, 1.807) is 18.2 Å². The number of anilines is 1. The molecule has 110 valence electrons. The van der Waals surface area contributed by atoms with Crippen LogP contribution < -0.4 is 5.32 Å². The zero-order valence-electron chi connectivity index (χ0n) is 12.5. The lowest BCUT2D eigenvalue weighted by Gasteiger charge is -2.17. The molecule has 0 saturated carbocycles. The van der Waals surface area contributed by atoms with Gasteiger partial charge in [-0.05, 0) is 0 Å². The summed E-state index contributed by atoms with van der Waals surface area (Å²) in [5.41, 5.74) is 0.700. The van der Waals surface area contributed by atoms with E-state index in [1.807, 2.05) is 25.7 Å². The quantitative estimate of drug-likeness (QED) is 0.778. The summed E-state index contributed by atoms with van der Waals surface area (Å²) in [6, 6.07) is 1.75. The lowest BCUT2D eigenvalue weighted by molar-refractivity contribution is -0.117. The van der Waals surface area contributed by atoms with Crippen molar-refractivity contribution < 1.29 is 9.32 Å². The van der Waals surface area contributed by atoms with Crippen molar-refractivity contribution >= 4 is 11.8 Å². The van der Waals surface area contributed by atoms with E-state index in [4.69, 9.17) is 4.52 Å². The van der Waals surface area contributed by atoms with Gasteiger partial charge in [0.15, 0.2) is 0 Å². The normalized spacial score (nSPS) is 11.4. The van der Waals surface area contributed by atoms with E-state index in [2.05, 4.69) is 23.6 Å². The van der Waals surface area contributed by atoms with E-state index in [0.29, 0.717) is 19.0 Å². The van der Waals surface area contributed by atoms with Gasteiger partial charge in [-0.15, -0.1) is 13.2 Å². The summed E-state index contributed by atoms with van der Waals surface area (Å²) in [6.07, 6.45) is 3.51. The predicted molar refractivity (Wildman–Crippen MR) is 80.7 cm³/mol. The molecule has 1 rings (SSSR count). The monoisotopic (exact) mass is 277 g/mol. The van der Waals surface area contributed by atoms with Crippen molar-refractivity contribution in [2.75, 3.05) is 25.0 Å². The third kappa shape index (κ3) is 5.01. The molecule has 0 aromatic carbocycles. The second-order valence-electron chi connectivity index (χ2n) is 5.65. The molecule has 1 aromatic rings. The molecule has 5 heteroatoms. The average molecular weight is 277 g/mol. The number of hydrogen-bond acceptors (Lipinski definition) is 4. The molecule has 1 heterocycles. The molecule has 0 aliphatic rings. The molecular formula is C15H23N3O2. The molecule has 5 nitrogen and oxygen atoms in total. The number of nitrogens with zero attached hydrogens (tertiary/aromatic N) is 2. The average Bonchev–Trinajstić information content (AvgIpc) is 2.77. The largest absolute Gasteiger partial charge is 0.338 e. The van der Waals surface area contributed by atoms with Gasteiger partial charge in [0.1, 0.15) is 0 Å². The van der Waals surface area contributed by atoms with Crippen LogP contribution in [0, 0.1) is 0 Å². The Morgan fingerprint density at radius 2 is 2.00 bits per heavy atom. The smallest absolute Gasteiger partial charge is 0.240 e. The molecule has 0 saturated heterocycles. The van der Waals surface area contributed by atoms with E-state index >= 15 is 0 Å². The molecule has 1 aromatic heterocycles. The fraction of sp³-hybridized carbons (Fsp3) is 0.467. The summed E-state index contributed by atoms with van der Waals surface area (Å²) in [5.74, 6) is 0.224. The Morgan fingerprint density at radius 3 is 2.45 bits per heavy atom. The molecule has 0 unspecified atom stereocenters. The number of amides is 1. The Kier molecular flexibility index (Phi) is 5.70. The van der Waals surface area contributed by atoms with Crippen molar-refractivity contribution in [3.05, 3.63) is 37.1 Å². The Morgan fingerprint density at radius 1 is 1.40 bits per heavy atom. The van der Waals surface area contributed by atoms with E-state index in [0.717, 1.165) is 5.69 Å². The Labute approximate surface area is 120 Å². The lowest BCUT2D eigenvalue weighted by Crippen LogP contribution is -2.33. The van der Waals surface area contributed by atoms with Crippen LogP contribution in [0.2, 0.25) is 0 Å².